The van der Waals surface area contributed by atoms with E-state index in [1.54, 1.807) is 19.3 Å². The number of hydrogen-bond acceptors (Lipinski definition) is 3. The van der Waals surface area contributed by atoms with E-state index in [-0.39, 0.29) is 5.91 Å². The van der Waals surface area contributed by atoms with E-state index in [1.165, 1.54) is 11.0 Å². The van der Waals surface area contributed by atoms with Gasteiger partial charge in [-0.05, 0) is 12.1 Å². The summed E-state index contributed by atoms with van der Waals surface area (Å²) in [4.78, 5) is 17.7. The van der Waals surface area contributed by atoms with Gasteiger partial charge in [-0.3, -0.25) is 9.78 Å². The van der Waals surface area contributed by atoms with Crippen molar-refractivity contribution >= 4 is 22.9 Å². The number of aromatic nitrogens is 1. The van der Waals surface area contributed by atoms with Crippen LogP contribution in [0.4, 0.5) is 0 Å². The van der Waals surface area contributed by atoms with Gasteiger partial charge in [0.25, 0.3) is 0 Å². The molecule has 0 aliphatic heterocycles. The monoisotopic (exact) mass is 265 g/mol. The van der Waals surface area contributed by atoms with Crippen LogP contribution in [-0.4, -0.2) is 29.4 Å². The average Bonchev–Trinajstić information content (AvgIpc) is 2.50. The Morgan fingerprint density at radius 1 is 1.40 bits per heavy atom. The fourth-order valence-electron chi connectivity index (χ4n) is 1.88. The first-order valence-electron chi connectivity index (χ1n) is 6.36. The van der Waals surface area contributed by atoms with Gasteiger partial charge in [0.2, 0.25) is 5.91 Å². The molecule has 0 radical (unpaired) electrons. The first-order valence-corrected chi connectivity index (χ1v) is 6.36. The minimum atomic E-state index is -0.117. The third kappa shape index (κ3) is 3.21. The van der Waals surface area contributed by atoms with Gasteiger partial charge >= 0.3 is 0 Å². The molecule has 2 aromatic rings. The molecule has 2 rings (SSSR count). The molecule has 4 nitrogen and oxygen atoms in total. The molecule has 0 aliphatic rings. The van der Waals surface area contributed by atoms with Crippen molar-refractivity contribution in [2.24, 2.45) is 0 Å². The number of nitriles is 1. The van der Waals surface area contributed by atoms with Gasteiger partial charge in [0, 0.05) is 36.8 Å². The lowest BCUT2D eigenvalue weighted by Gasteiger charge is -2.12. The van der Waals surface area contributed by atoms with Crippen molar-refractivity contribution in [1.82, 2.24) is 9.88 Å². The molecule has 1 heterocycles. The molecule has 0 saturated heterocycles. The number of likely N-dealkylation sites (N-methyl/N-ethyl adjacent to an activating group) is 1. The third-order valence-corrected chi connectivity index (χ3v) is 3.00. The number of pyridine rings is 1. The van der Waals surface area contributed by atoms with Crippen LogP contribution in [0.2, 0.25) is 0 Å². The van der Waals surface area contributed by atoms with E-state index < -0.39 is 0 Å². The molecule has 0 spiro atoms. The van der Waals surface area contributed by atoms with Crippen LogP contribution in [0.25, 0.3) is 17.0 Å². The molecule has 0 unspecified atom stereocenters. The highest BCUT2D eigenvalue weighted by Gasteiger charge is 2.04. The Morgan fingerprint density at radius 2 is 2.20 bits per heavy atom. The highest BCUT2D eigenvalue weighted by Crippen LogP contribution is 2.17. The zero-order chi connectivity index (χ0) is 14.4. The summed E-state index contributed by atoms with van der Waals surface area (Å²) in [5, 5.41) is 9.55. The van der Waals surface area contributed by atoms with Gasteiger partial charge in [0.1, 0.15) is 0 Å². The smallest absolute Gasteiger partial charge is 0.246 e. The number of rotatable bonds is 4. The van der Waals surface area contributed by atoms with Gasteiger partial charge in [0.15, 0.2) is 0 Å². The summed E-state index contributed by atoms with van der Waals surface area (Å²) in [6, 6.07) is 11.7. The Balaban J connectivity index is 2.18. The summed E-state index contributed by atoms with van der Waals surface area (Å²) in [6.45, 7) is 0.438. The fraction of sp³-hybridized carbons (Fsp3) is 0.188. The van der Waals surface area contributed by atoms with Gasteiger partial charge in [-0.25, -0.2) is 0 Å². The van der Waals surface area contributed by atoms with E-state index in [4.69, 9.17) is 5.26 Å². The molecule has 1 aromatic heterocycles. The number of para-hydroxylation sites is 1. The highest BCUT2D eigenvalue weighted by molar-refractivity contribution is 5.95. The van der Waals surface area contributed by atoms with Crippen LogP contribution in [0.5, 0.6) is 0 Å². The number of benzene rings is 1. The van der Waals surface area contributed by atoms with E-state index in [0.29, 0.717) is 13.0 Å². The summed E-state index contributed by atoms with van der Waals surface area (Å²) in [6.07, 6.45) is 5.35. The van der Waals surface area contributed by atoms with Crippen LogP contribution < -0.4 is 0 Å². The average molecular weight is 265 g/mol. The second kappa shape index (κ2) is 6.48. The Hall–Kier alpha value is -2.67. The van der Waals surface area contributed by atoms with Crippen LogP contribution in [0.15, 0.2) is 42.6 Å². The normalized spacial score (nSPS) is 10.6. The van der Waals surface area contributed by atoms with Crippen LogP contribution in [0.1, 0.15) is 12.0 Å². The van der Waals surface area contributed by atoms with Crippen molar-refractivity contribution in [1.29, 1.82) is 5.26 Å². The highest BCUT2D eigenvalue weighted by atomic mass is 16.2. The maximum Gasteiger partial charge on any atom is 0.246 e. The van der Waals surface area contributed by atoms with Crippen molar-refractivity contribution in [2.45, 2.75) is 6.42 Å². The van der Waals surface area contributed by atoms with E-state index in [0.717, 1.165) is 16.5 Å². The predicted molar refractivity (Wildman–Crippen MR) is 78.6 cm³/mol. The lowest BCUT2D eigenvalue weighted by atomic mass is 10.1. The molecule has 20 heavy (non-hydrogen) atoms. The Bertz CT molecular complexity index is 680. The zero-order valence-electron chi connectivity index (χ0n) is 11.3. The largest absolute Gasteiger partial charge is 0.341 e. The standard InChI is InChI=1S/C16H15N3O/c1-19(12-4-10-17)15(20)9-8-14-6-2-5-13-7-3-11-18-16(13)14/h2-3,5-9,11H,4,12H2,1H3/b9-8+. The zero-order valence-corrected chi connectivity index (χ0v) is 11.3. The van der Waals surface area contributed by atoms with E-state index in [2.05, 4.69) is 4.98 Å². The lowest BCUT2D eigenvalue weighted by Crippen LogP contribution is -2.25. The molecule has 1 aromatic carbocycles. The quantitative estimate of drug-likeness (QED) is 0.798. The van der Waals surface area contributed by atoms with Gasteiger partial charge in [-0.15, -0.1) is 0 Å². The number of amides is 1. The first kappa shape index (κ1) is 13.8. The Morgan fingerprint density at radius 3 is 3.00 bits per heavy atom. The Kier molecular flexibility index (Phi) is 4.46. The predicted octanol–water partition coefficient (Wildman–Crippen LogP) is 2.62. The van der Waals surface area contributed by atoms with Crippen LogP contribution in [0.3, 0.4) is 0 Å². The fourth-order valence-corrected chi connectivity index (χ4v) is 1.88. The molecule has 0 atom stereocenters. The molecular weight excluding hydrogens is 250 g/mol. The maximum absolute atomic E-state index is 11.9. The molecule has 0 saturated carbocycles. The van der Waals surface area contributed by atoms with Gasteiger partial charge in [-0.1, -0.05) is 24.3 Å². The van der Waals surface area contributed by atoms with Gasteiger partial charge < -0.3 is 4.90 Å². The molecular formula is C16H15N3O. The number of fused-ring (bicyclic) bond motifs is 1. The maximum atomic E-state index is 11.9. The van der Waals surface area contributed by atoms with Gasteiger partial charge in [-0.2, -0.15) is 5.26 Å². The second-order valence-corrected chi connectivity index (χ2v) is 4.42. The van der Waals surface area contributed by atoms with Crippen LogP contribution in [-0.2, 0) is 4.79 Å². The van der Waals surface area contributed by atoms with E-state index in [1.807, 2.05) is 36.4 Å². The number of nitrogens with zero attached hydrogens (tertiary/aromatic N) is 3. The summed E-state index contributed by atoms with van der Waals surface area (Å²) in [7, 11) is 1.69. The summed E-state index contributed by atoms with van der Waals surface area (Å²) < 4.78 is 0. The molecule has 1 amide bonds. The molecule has 0 fully saturated rings. The Labute approximate surface area is 118 Å². The topological polar surface area (TPSA) is 57.0 Å². The van der Waals surface area contributed by atoms with Crippen molar-refractivity contribution in [3.8, 4) is 6.07 Å². The van der Waals surface area contributed by atoms with Crippen LogP contribution in [0, 0.1) is 11.3 Å². The van der Waals surface area contributed by atoms with Crippen molar-refractivity contribution < 1.29 is 4.79 Å². The summed E-state index contributed by atoms with van der Waals surface area (Å²) in [5.74, 6) is -0.117. The number of hydrogen-bond donors (Lipinski definition) is 0. The van der Waals surface area contributed by atoms with E-state index >= 15 is 0 Å². The first-order chi connectivity index (χ1) is 9.72. The third-order valence-electron chi connectivity index (χ3n) is 3.00. The van der Waals surface area contributed by atoms with Crippen molar-refractivity contribution in [2.75, 3.05) is 13.6 Å². The van der Waals surface area contributed by atoms with E-state index in [9.17, 15) is 4.79 Å². The summed E-state index contributed by atoms with van der Waals surface area (Å²) >= 11 is 0. The van der Waals surface area contributed by atoms with Crippen molar-refractivity contribution in [3.63, 3.8) is 0 Å². The molecule has 100 valence electrons. The minimum absolute atomic E-state index is 0.117. The second-order valence-electron chi connectivity index (χ2n) is 4.42. The molecule has 0 N–H and O–H groups in total. The lowest BCUT2D eigenvalue weighted by molar-refractivity contribution is -0.124. The van der Waals surface area contributed by atoms with Crippen molar-refractivity contribution in [3.05, 3.63) is 48.2 Å². The number of carbonyl (C=O) groups is 1. The molecule has 0 aliphatic carbocycles. The molecule has 0 bridgehead atoms. The minimum Gasteiger partial charge on any atom is -0.341 e. The SMILES string of the molecule is CN(CCC#N)C(=O)/C=C/c1cccc2cccnc12. The van der Waals surface area contributed by atoms with Crippen LogP contribution >= 0.6 is 0 Å². The van der Waals surface area contributed by atoms with Gasteiger partial charge in [0.05, 0.1) is 18.0 Å². The summed E-state index contributed by atoms with van der Waals surface area (Å²) in [5.41, 5.74) is 1.78. The number of carbonyl (C=O) groups excluding carboxylic acids is 1. The molecule has 4 heteroatoms.